The third kappa shape index (κ3) is 104. The molecule has 0 spiro atoms. The van der Waals surface area contributed by atoms with E-state index in [1.165, 1.54) is 116 Å². The van der Waals surface area contributed by atoms with Gasteiger partial charge in [-0.15, -0.1) is 0 Å². The van der Waals surface area contributed by atoms with Crippen molar-refractivity contribution in [2.45, 2.75) is 254 Å². The topological polar surface area (TPSA) is 0 Å². The second-order valence-electron chi connectivity index (χ2n) is 17.4. The summed E-state index contributed by atoms with van der Waals surface area (Å²) < 4.78 is 0. The van der Waals surface area contributed by atoms with Gasteiger partial charge >= 0.3 is 0 Å². The van der Waals surface area contributed by atoms with Crippen LogP contribution in [0.5, 0.6) is 0 Å². The maximum atomic E-state index is 2.32. The fourth-order valence-corrected chi connectivity index (χ4v) is 3.30. The van der Waals surface area contributed by atoms with Crippen molar-refractivity contribution in [2.75, 3.05) is 0 Å². The summed E-state index contributed by atoms with van der Waals surface area (Å²) in [7, 11) is 0. The van der Waals surface area contributed by atoms with Gasteiger partial charge in [0.25, 0.3) is 0 Å². The van der Waals surface area contributed by atoms with Gasteiger partial charge in [-0.1, -0.05) is 254 Å². The summed E-state index contributed by atoms with van der Waals surface area (Å²) in [5, 5.41) is 0. The zero-order valence-electron chi connectivity index (χ0n) is 36.0. The van der Waals surface area contributed by atoms with Crippen LogP contribution < -0.4 is 0 Å². The quantitative estimate of drug-likeness (QED) is 0.132. The van der Waals surface area contributed by atoms with E-state index in [0.29, 0.717) is 10.8 Å². The Morgan fingerprint density at radius 1 is 0.341 bits per heavy atom. The Morgan fingerprint density at radius 2 is 0.614 bits per heavy atom. The van der Waals surface area contributed by atoms with Gasteiger partial charge in [0, 0.05) is 0 Å². The third-order valence-electron chi connectivity index (χ3n) is 7.62. The van der Waals surface area contributed by atoms with Crippen LogP contribution in [0.2, 0.25) is 0 Å². The van der Waals surface area contributed by atoms with Crippen LogP contribution in [0.25, 0.3) is 0 Å². The Kier molecular flexibility index (Phi) is 55.1. The first-order chi connectivity index (χ1) is 20.2. The van der Waals surface area contributed by atoms with E-state index in [0.717, 1.165) is 23.7 Å². The lowest BCUT2D eigenvalue weighted by Gasteiger charge is -2.18. The second kappa shape index (κ2) is 43.0. The van der Waals surface area contributed by atoms with Crippen LogP contribution in [0.1, 0.15) is 254 Å². The third-order valence-corrected chi connectivity index (χ3v) is 7.62. The lowest BCUT2D eigenvalue weighted by atomic mass is 9.88. The smallest absolute Gasteiger partial charge is 0.0359 e. The molecule has 0 radical (unpaired) electrons. The van der Waals surface area contributed by atoms with Crippen LogP contribution in [0.3, 0.4) is 0 Å². The Bertz CT molecular complexity index is 419. The van der Waals surface area contributed by atoms with E-state index in [-0.39, 0.29) is 0 Å². The van der Waals surface area contributed by atoms with Gasteiger partial charge in [0.2, 0.25) is 0 Å². The van der Waals surface area contributed by atoms with Crippen LogP contribution >= 0.6 is 0 Å². The molecule has 0 nitrogen and oxygen atoms in total. The van der Waals surface area contributed by atoms with Gasteiger partial charge in [0.1, 0.15) is 0 Å². The van der Waals surface area contributed by atoms with Gasteiger partial charge in [-0.3, -0.25) is 0 Å². The number of rotatable bonds is 18. The first kappa shape index (κ1) is 56.3. The van der Waals surface area contributed by atoms with Gasteiger partial charge in [0.15, 0.2) is 0 Å². The summed E-state index contributed by atoms with van der Waals surface area (Å²) in [6.45, 7) is 44.9. The van der Waals surface area contributed by atoms with Crippen molar-refractivity contribution in [3.05, 3.63) is 0 Å². The van der Waals surface area contributed by atoms with Crippen LogP contribution in [-0.2, 0) is 0 Å². The number of hydrogen-bond donors (Lipinski definition) is 0. The van der Waals surface area contributed by atoms with E-state index in [2.05, 4.69) is 138 Å². The van der Waals surface area contributed by atoms with E-state index in [4.69, 9.17) is 0 Å². The molecule has 0 aliphatic rings. The zero-order chi connectivity index (χ0) is 36.0. The molecule has 0 aromatic carbocycles. The van der Waals surface area contributed by atoms with E-state index in [1.54, 1.807) is 0 Å². The highest BCUT2D eigenvalue weighted by Gasteiger charge is 2.09. The molecule has 0 amide bonds. The fraction of sp³-hybridized carbons (Fsp3) is 1.00. The Hall–Kier alpha value is 0. The molecule has 0 rings (SSSR count). The average molecular weight is 629 g/mol. The maximum absolute atomic E-state index is 2.32. The second-order valence-corrected chi connectivity index (χ2v) is 17.4. The highest BCUT2D eigenvalue weighted by atomic mass is 14.2. The molecule has 0 aromatic heterocycles. The van der Waals surface area contributed by atoms with Crippen molar-refractivity contribution in [2.24, 2.45) is 34.5 Å². The van der Waals surface area contributed by atoms with Gasteiger partial charge in [0.05, 0.1) is 0 Å². The largest absolute Gasteiger partial charge is 0.0654 e. The molecule has 0 unspecified atom stereocenters. The van der Waals surface area contributed by atoms with Crippen molar-refractivity contribution < 1.29 is 0 Å². The lowest BCUT2D eigenvalue weighted by Crippen LogP contribution is -2.05. The molecule has 0 atom stereocenters. The van der Waals surface area contributed by atoms with Gasteiger partial charge in [-0.2, -0.15) is 0 Å². The maximum Gasteiger partial charge on any atom is -0.0359 e. The van der Waals surface area contributed by atoms with Crippen molar-refractivity contribution in [1.82, 2.24) is 0 Å². The van der Waals surface area contributed by atoms with Gasteiger partial charge < -0.3 is 0 Å². The highest BCUT2D eigenvalue weighted by molar-refractivity contribution is 4.61. The number of hydrogen-bond acceptors (Lipinski definition) is 0. The minimum atomic E-state index is 0.500. The minimum absolute atomic E-state index is 0.500. The molecule has 0 fully saturated rings. The summed E-state index contributed by atoms with van der Waals surface area (Å²) in [6.07, 6.45) is 25.2. The molecule has 0 saturated heterocycles. The van der Waals surface area contributed by atoms with Crippen LogP contribution in [0.15, 0.2) is 0 Å². The highest BCUT2D eigenvalue weighted by Crippen LogP contribution is 2.22. The molecule has 44 heavy (non-hydrogen) atoms. The standard InChI is InChI=1S/C14H30.2C7H16.C6H14.2C5H12/c1-4-5-6-7-8-9-10-11-12-13-14(2)3;1-5-7(3,4)6-2;1-4-5-6-7(2)3;1-4-5-6(2)3;1-5(2,3)4;1-4-5(2)3/h14H,4-13H2,1-3H3;5-6H2,1-4H3;7H,4-6H2,1-3H3;6H,4-5H2,1-3H3;1-4H3;5H,4H2,1-3H3. The minimum Gasteiger partial charge on any atom is -0.0654 e. The Balaban J connectivity index is -0.000000104. The van der Waals surface area contributed by atoms with Gasteiger partial charge in [-0.05, 0) is 34.5 Å². The molecule has 0 aliphatic carbocycles. The van der Waals surface area contributed by atoms with Gasteiger partial charge in [-0.25, -0.2) is 0 Å². The zero-order valence-corrected chi connectivity index (χ0v) is 36.0. The van der Waals surface area contributed by atoms with Crippen LogP contribution in [0.4, 0.5) is 0 Å². The summed E-state index contributed by atoms with van der Waals surface area (Å²) in [6, 6.07) is 0. The molecule has 0 heteroatoms. The summed E-state index contributed by atoms with van der Waals surface area (Å²) in [4.78, 5) is 0. The summed E-state index contributed by atoms with van der Waals surface area (Å²) in [5.74, 6) is 3.59. The van der Waals surface area contributed by atoms with Crippen molar-refractivity contribution in [3.63, 3.8) is 0 Å². The molecule has 0 heterocycles. The van der Waals surface area contributed by atoms with Crippen molar-refractivity contribution >= 4 is 0 Å². The lowest BCUT2D eigenvalue weighted by molar-refractivity contribution is 0.338. The predicted octanol–water partition coefficient (Wildman–Crippen LogP) is 17.8. The molecular weight excluding hydrogens is 528 g/mol. The van der Waals surface area contributed by atoms with E-state index >= 15 is 0 Å². The molecule has 0 saturated carbocycles. The van der Waals surface area contributed by atoms with E-state index in [1.807, 2.05) is 0 Å². The van der Waals surface area contributed by atoms with E-state index in [9.17, 15) is 0 Å². The fourth-order valence-electron chi connectivity index (χ4n) is 3.30. The van der Waals surface area contributed by atoms with Crippen LogP contribution in [0, 0.1) is 34.5 Å². The van der Waals surface area contributed by atoms with E-state index < -0.39 is 0 Å². The SMILES string of the molecule is CC(C)(C)C.CCC(C)(C)CC.CCC(C)C.CCCC(C)C.CCCCC(C)C.CCCCCCCCCCCC(C)C. The molecule has 0 bridgehead atoms. The molecular formula is C44H100. The molecule has 0 aliphatic heterocycles. The first-order valence-electron chi connectivity index (χ1n) is 20.2. The normalized spacial score (nSPS) is 10.9. The average Bonchev–Trinajstić information content (AvgIpc) is 2.91. The Labute approximate surface area is 287 Å². The number of unbranched alkanes of at least 4 members (excludes halogenated alkanes) is 9. The van der Waals surface area contributed by atoms with Crippen molar-refractivity contribution in [3.8, 4) is 0 Å². The van der Waals surface area contributed by atoms with Crippen LogP contribution in [-0.4, -0.2) is 0 Å². The first-order valence-corrected chi connectivity index (χ1v) is 20.2. The summed E-state index contributed by atoms with van der Waals surface area (Å²) >= 11 is 0. The molecule has 0 N–H and O–H groups in total. The monoisotopic (exact) mass is 629 g/mol. The molecule has 0 aromatic rings. The predicted molar refractivity (Wildman–Crippen MR) is 215 cm³/mol. The Morgan fingerprint density at radius 3 is 0.773 bits per heavy atom. The molecule has 276 valence electrons. The van der Waals surface area contributed by atoms with Crippen molar-refractivity contribution in [1.29, 1.82) is 0 Å². The summed E-state index contributed by atoms with van der Waals surface area (Å²) in [5.41, 5.74) is 1.08.